The molecule has 0 saturated heterocycles. The van der Waals surface area contributed by atoms with Gasteiger partial charge < -0.3 is 10.6 Å². The Kier molecular flexibility index (Phi) is 5.50. The Morgan fingerprint density at radius 3 is 2.00 bits per heavy atom. The van der Waals surface area contributed by atoms with Crippen molar-refractivity contribution in [2.45, 2.75) is 64.8 Å². The first-order valence-corrected chi connectivity index (χ1v) is 8.11. The Bertz CT molecular complexity index is 217. The topological polar surface area (TPSA) is 29.3 Å². The fourth-order valence-corrected chi connectivity index (χ4v) is 2.88. The SMILES string of the molecule is CC(N)CCCC(C)CN(CC1CC1)CC1CC1. The fourth-order valence-electron chi connectivity index (χ4n) is 2.88. The molecular formula is C16H32N2. The lowest BCUT2D eigenvalue weighted by Crippen LogP contribution is -2.32. The first-order valence-electron chi connectivity index (χ1n) is 8.11. The molecule has 2 N–H and O–H groups in total. The maximum atomic E-state index is 5.82. The Hall–Kier alpha value is -0.0800. The van der Waals surface area contributed by atoms with Crippen LogP contribution in [0.4, 0.5) is 0 Å². The molecular weight excluding hydrogens is 220 g/mol. The quantitative estimate of drug-likeness (QED) is 0.646. The van der Waals surface area contributed by atoms with Crippen molar-refractivity contribution >= 4 is 0 Å². The van der Waals surface area contributed by atoms with E-state index in [1.165, 1.54) is 64.6 Å². The van der Waals surface area contributed by atoms with E-state index in [2.05, 4.69) is 18.7 Å². The Balaban J connectivity index is 1.62. The molecule has 2 aliphatic carbocycles. The standard InChI is InChI=1S/C16H32N2/c1-13(4-3-5-14(2)17)10-18(11-15-6-7-15)12-16-8-9-16/h13-16H,3-12,17H2,1-2H3. The van der Waals surface area contributed by atoms with Crippen LogP contribution < -0.4 is 5.73 Å². The van der Waals surface area contributed by atoms with Crippen molar-refractivity contribution in [3.05, 3.63) is 0 Å². The first kappa shape index (κ1) is 14.3. The van der Waals surface area contributed by atoms with Crippen LogP contribution in [0.2, 0.25) is 0 Å². The van der Waals surface area contributed by atoms with Gasteiger partial charge in [-0.15, -0.1) is 0 Å². The summed E-state index contributed by atoms with van der Waals surface area (Å²) in [4.78, 5) is 2.77. The van der Waals surface area contributed by atoms with Crippen LogP contribution in [0.15, 0.2) is 0 Å². The number of rotatable bonds is 10. The maximum absolute atomic E-state index is 5.82. The minimum Gasteiger partial charge on any atom is -0.328 e. The molecule has 2 nitrogen and oxygen atoms in total. The Labute approximate surface area is 113 Å². The molecule has 2 saturated carbocycles. The van der Waals surface area contributed by atoms with Crippen molar-refractivity contribution in [2.75, 3.05) is 19.6 Å². The van der Waals surface area contributed by atoms with Crippen LogP contribution >= 0.6 is 0 Å². The molecule has 2 fully saturated rings. The summed E-state index contributed by atoms with van der Waals surface area (Å²) in [5.74, 6) is 2.93. The van der Waals surface area contributed by atoms with Crippen molar-refractivity contribution in [3.8, 4) is 0 Å². The van der Waals surface area contributed by atoms with Crippen LogP contribution in [0.25, 0.3) is 0 Å². The van der Waals surface area contributed by atoms with Gasteiger partial charge in [0.05, 0.1) is 0 Å². The largest absolute Gasteiger partial charge is 0.328 e. The van der Waals surface area contributed by atoms with E-state index in [1.54, 1.807) is 0 Å². The average molecular weight is 252 g/mol. The van der Waals surface area contributed by atoms with Crippen LogP contribution in [-0.4, -0.2) is 30.6 Å². The van der Waals surface area contributed by atoms with Crippen LogP contribution in [0.5, 0.6) is 0 Å². The van der Waals surface area contributed by atoms with Gasteiger partial charge in [0.15, 0.2) is 0 Å². The van der Waals surface area contributed by atoms with Crippen LogP contribution in [0, 0.1) is 17.8 Å². The zero-order valence-corrected chi connectivity index (χ0v) is 12.4. The Morgan fingerprint density at radius 2 is 1.56 bits per heavy atom. The summed E-state index contributed by atoms with van der Waals surface area (Å²) in [5.41, 5.74) is 5.82. The summed E-state index contributed by atoms with van der Waals surface area (Å²) in [5, 5.41) is 0. The highest BCUT2D eigenvalue weighted by Gasteiger charge is 2.29. The van der Waals surface area contributed by atoms with E-state index in [9.17, 15) is 0 Å². The summed E-state index contributed by atoms with van der Waals surface area (Å²) in [6, 6.07) is 0.381. The molecule has 0 heterocycles. The van der Waals surface area contributed by atoms with E-state index < -0.39 is 0 Å². The third-order valence-electron chi connectivity index (χ3n) is 4.35. The number of hydrogen-bond donors (Lipinski definition) is 1. The molecule has 106 valence electrons. The summed E-state index contributed by atoms with van der Waals surface area (Å²) in [6.45, 7) is 8.64. The van der Waals surface area contributed by atoms with Gasteiger partial charge >= 0.3 is 0 Å². The molecule has 2 heteroatoms. The first-order chi connectivity index (χ1) is 8.63. The van der Waals surface area contributed by atoms with E-state index in [1.807, 2.05) is 0 Å². The zero-order valence-electron chi connectivity index (χ0n) is 12.4. The number of nitrogens with two attached hydrogens (primary N) is 1. The second kappa shape index (κ2) is 6.91. The summed E-state index contributed by atoms with van der Waals surface area (Å²) < 4.78 is 0. The van der Waals surface area contributed by atoms with Crippen LogP contribution in [-0.2, 0) is 0 Å². The van der Waals surface area contributed by atoms with E-state index >= 15 is 0 Å². The van der Waals surface area contributed by atoms with E-state index in [4.69, 9.17) is 5.73 Å². The molecule has 0 radical (unpaired) electrons. The molecule has 0 aliphatic heterocycles. The molecule has 2 rings (SSSR count). The molecule has 0 aromatic carbocycles. The molecule has 2 unspecified atom stereocenters. The predicted octanol–water partition coefficient (Wildman–Crippen LogP) is 3.26. The zero-order chi connectivity index (χ0) is 13.0. The minimum atomic E-state index is 0.381. The van der Waals surface area contributed by atoms with Gasteiger partial charge in [0.1, 0.15) is 0 Å². The molecule has 0 bridgehead atoms. The van der Waals surface area contributed by atoms with Gasteiger partial charge in [0.2, 0.25) is 0 Å². The third kappa shape index (κ3) is 6.19. The second-order valence-corrected chi connectivity index (χ2v) is 7.12. The lowest BCUT2D eigenvalue weighted by Gasteiger charge is -2.26. The normalized spacial score (nSPS) is 23.3. The predicted molar refractivity (Wildman–Crippen MR) is 78.6 cm³/mol. The van der Waals surface area contributed by atoms with Gasteiger partial charge in [0, 0.05) is 25.7 Å². The fraction of sp³-hybridized carbons (Fsp3) is 1.00. The third-order valence-corrected chi connectivity index (χ3v) is 4.35. The van der Waals surface area contributed by atoms with Crippen molar-refractivity contribution in [2.24, 2.45) is 23.5 Å². The lowest BCUT2D eigenvalue weighted by atomic mass is 10.0. The molecule has 2 atom stereocenters. The van der Waals surface area contributed by atoms with Crippen molar-refractivity contribution in [1.29, 1.82) is 0 Å². The molecule has 18 heavy (non-hydrogen) atoms. The monoisotopic (exact) mass is 252 g/mol. The minimum absolute atomic E-state index is 0.381. The highest BCUT2D eigenvalue weighted by molar-refractivity contribution is 4.83. The van der Waals surface area contributed by atoms with E-state index in [0.717, 1.165) is 17.8 Å². The van der Waals surface area contributed by atoms with Crippen molar-refractivity contribution < 1.29 is 0 Å². The highest BCUT2D eigenvalue weighted by Crippen LogP contribution is 2.34. The number of nitrogens with zero attached hydrogens (tertiary/aromatic N) is 1. The van der Waals surface area contributed by atoms with Gasteiger partial charge in [-0.25, -0.2) is 0 Å². The van der Waals surface area contributed by atoms with E-state index in [0.29, 0.717) is 6.04 Å². The van der Waals surface area contributed by atoms with Crippen LogP contribution in [0.3, 0.4) is 0 Å². The summed E-state index contributed by atoms with van der Waals surface area (Å²) >= 11 is 0. The molecule has 0 aromatic rings. The molecule has 2 aliphatic rings. The van der Waals surface area contributed by atoms with Gasteiger partial charge in [0.25, 0.3) is 0 Å². The Morgan fingerprint density at radius 1 is 1.00 bits per heavy atom. The molecule has 0 amide bonds. The van der Waals surface area contributed by atoms with Gasteiger partial charge in [-0.05, 0) is 63.2 Å². The number of hydrogen-bond acceptors (Lipinski definition) is 2. The summed E-state index contributed by atoms with van der Waals surface area (Å²) in [6.07, 6.45) is 9.80. The summed E-state index contributed by atoms with van der Waals surface area (Å²) in [7, 11) is 0. The smallest absolute Gasteiger partial charge is 0.00104 e. The molecule has 0 spiro atoms. The second-order valence-electron chi connectivity index (χ2n) is 7.12. The van der Waals surface area contributed by atoms with Crippen molar-refractivity contribution in [1.82, 2.24) is 4.90 Å². The van der Waals surface area contributed by atoms with E-state index in [-0.39, 0.29) is 0 Å². The van der Waals surface area contributed by atoms with Gasteiger partial charge in [-0.3, -0.25) is 0 Å². The van der Waals surface area contributed by atoms with Crippen LogP contribution in [0.1, 0.15) is 58.8 Å². The average Bonchev–Trinajstić information content (AvgIpc) is 3.12. The highest BCUT2D eigenvalue weighted by atomic mass is 15.1. The van der Waals surface area contributed by atoms with Gasteiger partial charge in [-0.1, -0.05) is 13.3 Å². The lowest BCUT2D eigenvalue weighted by molar-refractivity contribution is 0.213. The van der Waals surface area contributed by atoms with Gasteiger partial charge in [-0.2, -0.15) is 0 Å². The molecule has 0 aromatic heterocycles. The maximum Gasteiger partial charge on any atom is 0.00104 e. The van der Waals surface area contributed by atoms with Crippen molar-refractivity contribution in [3.63, 3.8) is 0 Å².